The highest BCUT2D eigenvalue weighted by atomic mass is 35.5. The number of halogens is 1. The maximum atomic E-state index is 6.10. The third-order valence-electron chi connectivity index (χ3n) is 3.06. The third-order valence-corrected chi connectivity index (χ3v) is 3.61. The maximum Gasteiger partial charge on any atom is 0.0484 e. The van der Waals surface area contributed by atoms with E-state index in [1.54, 1.807) is 0 Å². The number of alkyl halides is 1. The van der Waals surface area contributed by atoms with Gasteiger partial charge in [-0.3, -0.25) is 0 Å². The molecule has 0 aromatic heterocycles. The molecule has 1 atom stereocenters. The molecule has 0 aliphatic heterocycles. The molecule has 1 aromatic rings. The van der Waals surface area contributed by atoms with Gasteiger partial charge in [-0.05, 0) is 45.7 Å². The summed E-state index contributed by atoms with van der Waals surface area (Å²) in [7, 11) is 0. The first-order chi connectivity index (χ1) is 7.52. The van der Waals surface area contributed by atoms with Gasteiger partial charge in [-0.15, -0.1) is 11.6 Å². The second-order valence-corrected chi connectivity index (χ2v) is 5.51. The Hall–Kier alpha value is -0.530. The van der Waals surface area contributed by atoms with E-state index in [2.05, 4.69) is 49.5 Å². The molecule has 0 saturated carbocycles. The molecule has 1 aromatic carbocycles. The van der Waals surface area contributed by atoms with E-state index in [4.69, 9.17) is 11.6 Å². The normalized spacial score (nSPS) is 13.8. The molecule has 0 bridgehead atoms. The van der Waals surface area contributed by atoms with Crippen molar-refractivity contribution < 1.29 is 0 Å². The Morgan fingerprint density at radius 2 is 1.88 bits per heavy atom. The van der Waals surface area contributed by atoms with Crippen LogP contribution in [0.4, 0.5) is 0 Å². The molecule has 0 radical (unpaired) electrons. The zero-order chi connectivity index (χ0) is 12.0. The second-order valence-electron chi connectivity index (χ2n) is 4.85. The summed E-state index contributed by atoms with van der Waals surface area (Å²) in [5.41, 5.74) is 1.42. The summed E-state index contributed by atoms with van der Waals surface area (Å²) in [4.78, 5) is 0. The quantitative estimate of drug-likeness (QED) is 0.591. The summed E-state index contributed by atoms with van der Waals surface area (Å²) in [6.45, 7) is 7.34. The maximum absolute atomic E-state index is 6.10. The van der Waals surface area contributed by atoms with Gasteiger partial charge in [0.1, 0.15) is 0 Å². The minimum atomic E-state index is 0.0121. The number of hydrogen-bond acceptors (Lipinski definition) is 1. The summed E-state index contributed by atoms with van der Waals surface area (Å²) >= 11 is 6.10. The van der Waals surface area contributed by atoms with Crippen molar-refractivity contribution >= 4 is 11.6 Å². The predicted molar refractivity (Wildman–Crippen MR) is 72.2 cm³/mol. The predicted octanol–water partition coefficient (Wildman–Crippen LogP) is 3.61. The van der Waals surface area contributed by atoms with Crippen LogP contribution in [0, 0.1) is 0 Å². The number of nitrogens with one attached hydrogen (secondary N) is 1. The van der Waals surface area contributed by atoms with Crippen molar-refractivity contribution in [1.82, 2.24) is 5.32 Å². The van der Waals surface area contributed by atoms with Gasteiger partial charge in [0.25, 0.3) is 0 Å². The van der Waals surface area contributed by atoms with Gasteiger partial charge in [-0.1, -0.05) is 30.3 Å². The molecule has 0 amide bonds. The molecule has 2 heteroatoms. The Labute approximate surface area is 104 Å². The number of rotatable bonds is 6. The second kappa shape index (κ2) is 6.27. The molecule has 0 heterocycles. The monoisotopic (exact) mass is 239 g/mol. The Morgan fingerprint density at radius 1 is 1.25 bits per heavy atom. The molecule has 1 N–H and O–H groups in total. The van der Waals surface area contributed by atoms with E-state index in [0.717, 1.165) is 19.4 Å². The van der Waals surface area contributed by atoms with E-state index in [9.17, 15) is 0 Å². The van der Waals surface area contributed by atoms with E-state index in [1.165, 1.54) is 5.56 Å². The lowest BCUT2D eigenvalue weighted by atomic mass is 10.0. The van der Waals surface area contributed by atoms with Crippen molar-refractivity contribution in [3.8, 4) is 0 Å². The Morgan fingerprint density at radius 3 is 2.44 bits per heavy atom. The van der Waals surface area contributed by atoms with Crippen LogP contribution in [-0.2, 0) is 6.42 Å². The van der Waals surface area contributed by atoms with Crippen molar-refractivity contribution in [3.05, 3.63) is 35.9 Å². The van der Waals surface area contributed by atoms with Gasteiger partial charge in [-0.2, -0.15) is 0 Å². The van der Waals surface area contributed by atoms with Crippen LogP contribution >= 0.6 is 11.6 Å². The first-order valence-corrected chi connectivity index (χ1v) is 6.39. The molecular formula is C14H22ClN. The van der Waals surface area contributed by atoms with Crippen LogP contribution in [0.25, 0.3) is 0 Å². The van der Waals surface area contributed by atoms with Gasteiger partial charge >= 0.3 is 0 Å². The standard InChI is InChI=1S/C14H22ClN/c1-12(15)14(2,3)16-11-7-10-13-8-5-4-6-9-13/h4-6,8-9,12,16H,7,10-11H2,1-3H3. The van der Waals surface area contributed by atoms with Crippen LogP contribution in [0.5, 0.6) is 0 Å². The summed E-state index contributed by atoms with van der Waals surface area (Å²) in [5.74, 6) is 0. The number of aryl methyl sites for hydroxylation is 1. The van der Waals surface area contributed by atoms with Gasteiger partial charge in [0, 0.05) is 10.9 Å². The minimum Gasteiger partial charge on any atom is -0.310 e. The molecule has 16 heavy (non-hydrogen) atoms. The highest BCUT2D eigenvalue weighted by molar-refractivity contribution is 6.21. The fraction of sp³-hybridized carbons (Fsp3) is 0.571. The van der Waals surface area contributed by atoms with Crippen LogP contribution in [0.15, 0.2) is 30.3 Å². The SMILES string of the molecule is CC(Cl)C(C)(C)NCCCc1ccccc1. The molecule has 0 spiro atoms. The molecule has 1 rings (SSSR count). The van der Waals surface area contributed by atoms with Crippen molar-refractivity contribution in [2.75, 3.05) is 6.54 Å². The van der Waals surface area contributed by atoms with Crippen molar-refractivity contribution in [1.29, 1.82) is 0 Å². The fourth-order valence-electron chi connectivity index (χ4n) is 1.49. The van der Waals surface area contributed by atoms with E-state index >= 15 is 0 Å². The van der Waals surface area contributed by atoms with Crippen molar-refractivity contribution in [3.63, 3.8) is 0 Å². The van der Waals surface area contributed by atoms with E-state index in [-0.39, 0.29) is 10.9 Å². The van der Waals surface area contributed by atoms with Crippen LogP contribution < -0.4 is 5.32 Å². The lowest BCUT2D eigenvalue weighted by Gasteiger charge is -2.29. The molecule has 0 fully saturated rings. The smallest absolute Gasteiger partial charge is 0.0484 e. The van der Waals surface area contributed by atoms with Gasteiger partial charge in [-0.25, -0.2) is 0 Å². The zero-order valence-corrected chi connectivity index (χ0v) is 11.2. The molecule has 0 saturated heterocycles. The summed E-state index contributed by atoms with van der Waals surface area (Å²) in [6.07, 6.45) is 2.28. The molecule has 0 aliphatic carbocycles. The van der Waals surface area contributed by atoms with Crippen LogP contribution in [0.3, 0.4) is 0 Å². The average molecular weight is 240 g/mol. The van der Waals surface area contributed by atoms with Crippen molar-refractivity contribution in [2.45, 2.75) is 44.5 Å². The molecule has 0 aliphatic rings. The van der Waals surface area contributed by atoms with E-state index < -0.39 is 0 Å². The van der Waals surface area contributed by atoms with Crippen molar-refractivity contribution in [2.24, 2.45) is 0 Å². The van der Waals surface area contributed by atoms with Gasteiger partial charge in [0.05, 0.1) is 0 Å². The summed E-state index contributed by atoms with van der Waals surface area (Å²) in [5, 5.41) is 3.64. The minimum absolute atomic E-state index is 0.0121. The first-order valence-electron chi connectivity index (χ1n) is 5.95. The van der Waals surface area contributed by atoms with E-state index in [0.29, 0.717) is 0 Å². The number of benzene rings is 1. The lowest BCUT2D eigenvalue weighted by molar-refractivity contribution is 0.380. The Balaban J connectivity index is 2.22. The lowest BCUT2D eigenvalue weighted by Crippen LogP contribution is -2.46. The average Bonchev–Trinajstić information content (AvgIpc) is 2.26. The van der Waals surface area contributed by atoms with Gasteiger partial charge in [0.15, 0.2) is 0 Å². The van der Waals surface area contributed by atoms with Crippen LogP contribution in [-0.4, -0.2) is 17.5 Å². The Kier molecular flexibility index (Phi) is 5.30. The molecule has 90 valence electrons. The molecule has 1 unspecified atom stereocenters. The molecular weight excluding hydrogens is 218 g/mol. The third kappa shape index (κ3) is 4.54. The summed E-state index contributed by atoms with van der Waals surface area (Å²) < 4.78 is 0. The molecule has 1 nitrogen and oxygen atoms in total. The number of hydrogen-bond donors (Lipinski definition) is 1. The van der Waals surface area contributed by atoms with Gasteiger partial charge in [0.2, 0.25) is 0 Å². The fourth-order valence-corrected chi connectivity index (χ4v) is 1.57. The highest BCUT2D eigenvalue weighted by Gasteiger charge is 2.22. The highest BCUT2D eigenvalue weighted by Crippen LogP contribution is 2.14. The zero-order valence-electron chi connectivity index (χ0n) is 10.5. The van der Waals surface area contributed by atoms with Crippen LogP contribution in [0.1, 0.15) is 32.8 Å². The largest absolute Gasteiger partial charge is 0.310 e. The topological polar surface area (TPSA) is 12.0 Å². The summed E-state index contributed by atoms with van der Waals surface area (Å²) in [6, 6.07) is 10.6. The van der Waals surface area contributed by atoms with Crippen LogP contribution in [0.2, 0.25) is 0 Å². The van der Waals surface area contributed by atoms with E-state index in [1.807, 2.05) is 6.92 Å². The Bertz CT molecular complexity index is 293. The first kappa shape index (κ1) is 13.5. The van der Waals surface area contributed by atoms with Gasteiger partial charge < -0.3 is 5.32 Å².